The molecule has 1 aliphatic heterocycles. The number of fused-ring (bicyclic) bond motifs is 1. The minimum atomic E-state index is -3.30. The van der Waals surface area contributed by atoms with Crippen molar-refractivity contribution in [3.8, 4) is 17.1 Å². The van der Waals surface area contributed by atoms with E-state index >= 15 is 0 Å². The summed E-state index contributed by atoms with van der Waals surface area (Å²) in [7, 11) is -3.30. The van der Waals surface area contributed by atoms with Crippen LogP contribution < -0.4 is 4.74 Å². The molecule has 0 spiro atoms. The van der Waals surface area contributed by atoms with Crippen LogP contribution in [0.3, 0.4) is 0 Å². The van der Waals surface area contributed by atoms with Gasteiger partial charge in [0.05, 0.1) is 29.7 Å². The van der Waals surface area contributed by atoms with Crippen LogP contribution >= 0.6 is 13.5 Å². The van der Waals surface area contributed by atoms with E-state index in [2.05, 4.69) is 15.0 Å². The van der Waals surface area contributed by atoms with Gasteiger partial charge in [-0.25, -0.2) is 18.4 Å². The lowest BCUT2D eigenvalue weighted by atomic mass is 9.88. The van der Waals surface area contributed by atoms with E-state index in [0.29, 0.717) is 48.6 Å². The largest absolute Gasteiger partial charge is 0.473 e. The highest BCUT2D eigenvalue weighted by atomic mass is 32.2. The third kappa shape index (κ3) is 6.10. The fourth-order valence-electron chi connectivity index (χ4n) is 4.07. The molecule has 35 heavy (non-hydrogen) atoms. The summed E-state index contributed by atoms with van der Waals surface area (Å²) in [4.78, 5) is 13.5. The van der Waals surface area contributed by atoms with Crippen LogP contribution in [0.15, 0.2) is 42.7 Å². The van der Waals surface area contributed by atoms with E-state index in [4.69, 9.17) is 9.47 Å². The molecule has 4 rings (SSSR count). The van der Waals surface area contributed by atoms with Gasteiger partial charge in [-0.15, -0.1) is 0 Å². The number of ether oxygens (including phenoxy) is 2. The zero-order chi connectivity index (χ0) is 24.3. The summed E-state index contributed by atoms with van der Waals surface area (Å²) >= 11 is 0. The van der Waals surface area contributed by atoms with Crippen LogP contribution in [0.1, 0.15) is 32.3 Å². The number of rotatable bonds is 8. The van der Waals surface area contributed by atoms with Gasteiger partial charge in [0.2, 0.25) is 15.9 Å². The van der Waals surface area contributed by atoms with E-state index in [-0.39, 0.29) is 26.6 Å². The molecule has 190 valence electrons. The molecule has 0 radical (unpaired) electrons. The number of aromatic nitrogens is 3. The van der Waals surface area contributed by atoms with Crippen molar-refractivity contribution in [1.29, 1.82) is 0 Å². The van der Waals surface area contributed by atoms with E-state index in [1.165, 1.54) is 10.6 Å². The van der Waals surface area contributed by atoms with Crippen LogP contribution in [-0.2, 0) is 20.4 Å². The fraction of sp³-hybridized carbons (Fsp3) is 0.458. The number of hydrogen-bond acceptors (Lipinski definition) is 8. The molecule has 1 fully saturated rings. The summed E-state index contributed by atoms with van der Waals surface area (Å²) in [6.45, 7) is 4.93. The smallest absolute Gasteiger partial charge is 0.242 e. The van der Waals surface area contributed by atoms with Crippen molar-refractivity contribution < 1.29 is 23.0 Å². The number of sulfonamides is 1. The zero-order valence-electron chi connectivity index (χ0n) is 20.1. The maximum absolute atomic E-state index is 11.9. The van der Waals surface area contributed by atoms with E-state index < -0.39 is 21.7 Å². The Morgan fingerprint density at radius 2 is 1.86 bits per heavy atom. The first-order valence-electron chi connectivity index (χ1n) is 11.4. The minimum Gasteiger partial charge on any atom is -0.473 e. The van der Waals surface area contributed by atoms with E-state index in [1.807, 2.05) is 44.2 Å². The molecule has 9 nitrogen and oxygen atoms in total. The van der Waals surface area contributed by atoms with Crippen LogP contribution in [-0.4, -0.2) is 71.4 Å². The molecule has 1 aliphatic rings. The molecule has 1 N–H and O–H groups in total. The normalized spacial score (nSPS) is 17.2. The number of hydrogen-bond donors (Lipinski definition) is 1. The second-order valence-electron chi connectivity index (χ2n) is 8.48. The first-order valence-corrected chi connectivity index (χ1v) is 13.2. The third-order valence-corrected chi connectivity index (χ3v) is 7.56. The van der Waals surface area contributed by atoms with Gasteiger partial charge < -0.3 is 14.6 Å². The molecule has 1 saturated heterocycles. The van der Waals surface area contributed by atoms with Crippen molar-refractivity contribution in [2.24, 2.45) is 0 Å². The van der Waals surface area contributed by atoms with Crippen LogP contribution in [0.4, 0.5) is 0 Å². The van der Waals surface area contributed by atoms with Crippen molar-refractivity contribution in [1.82, 2.24) is 19.3 Å². The van der Waals surface area contributed by atoms with Gasteiger partial charge in [0.1, 0.15) is 12.7 Å². The first-order chi connectivity index (χ1) is 16.2. The van der Waals surface area contributed by atoms with E-state index in [9.17, 15) is 13.5 Å². The average Bonchev–Trinajstić information content (AvgIpc) is 2.86. The van der Waals surface area contributed by atoms with E-state index in [0.717, 1.165) is 11.1 Å². The summed E-state index contributed by atoms with van der Waals surface area (Å²) in [5.41, 5.74) is 2.68. The van der Waals surface area contributed by atoms with Crippen molar-refractivity contribution in [3.05, 3.63) is 48.3 Å². The molecule has 0 bridgehead atoms. The van der Waals surface area contributed by atoms with Gasteiger partial charge in [0, 0.05) is 31.0 Å². The second kappa shape index (κ2) is 11.2. The Morgan fingerprint density at radius 1 is 1.17 bits per heavy atom. The Morgan fingerprint density at radius 3 is 2.51 bits per heavy atom. The highest BCUT2D eigenvalue weighted by Gasteiger charge is 2.28. The predicted molar refractivity (Wildman–Crippen MR) is 139 cm³/mol. The summed E-state index contributed by atoms with van der Waals surface area (Å²) < 4.78 is 36.9. The SMILES string of the molecule is CCC(O)(CC)c1ccc(-c2cc3nccnc3c(OC[C@@H]3CN(S(C)(=O)=O)CCO3)n2)cc1.S. The topological polar surface area (TPSA) is 115 Å². The van der Waals surface area contributed by atoms with Gasteiger partial charge in [0.25, 0.3) is 0 Å². The maximum atomic E-state index is 11.9. The molecule has 0 saturated carbocycles. The van der Waals surface area contributed by atoms with Crippen molar-refractivity contribution in [2.45, 2.75) is 38.4 Å². The summed E-state index contributed by atoms with van der Waals surface area (Å²) in [6, 6.07) is 9.53. The molecule has 2 aromatic heterocycles. The van der Waals surface area contributed by atoms with Crippen molar-refractivity contribution in [3.63, 3.8) is 0 Å². The number of nitrogens with zero attached hydrogens (tertiary/aromatic N) is 4. The molecular formula is C24H32N4O5S2. The highest BCUT2D eigenvalue weighted by Crippen LogP contribution is 2.32. The standard InChI is InChI=1S/C24H30N4O5S.H2S/c1-4-24(29,5-2)18-8-6-17(7-9-18)20-14-21-22(26-11-10-25-21)23(27-20)33-16-19-15-28(12-13-32-19)34(3,30)31;/h6-11,14,19,29H,4-5,12-13,15-16H2,1-3H3;1H2/t19-;/m0./s1. The van der Waals surface area contributed by atoms with Crippen LogP contribution in [0.5, 0.6) is 5.88 Å². The minimum absolute atomic E-state index is 0. The second-order valence-corrected chi connectivity index (χ2v) is 10.5. The Balaban J connectivity index is 0.00000342. The number of morpholine rings is 1. The Hall–Kier alpha value is -2.31. The molecule has 1 atom stereocenters. The molecule has 0 unspecified atom stereocenters. The first kappa shape index (κ1) is 27.3. The fourth-order valence-corrected chi connectivity index (χ4v) is 4.91. The number of benzene rings is 1. The van der Waals surface area contributed by atoms with Gasteiger partial charge in [-0.3, -0.25) is 4.98 Å². The monoisotopic (exact) mass is 520 g/mol. The lowest BCUT2D eigenvalue weighted by Crippen LogP contribution is -2.47. The molecule has 1 aromatic carbocycles. The van der Waals surface area contributed by atoms with Crippen LogP contribution in [0.2, 0.25) is 0 Å². The van der Waals surface area contributed by atoms with Gasteiger partial charge in [-0.05, 0) is 24.5 Å². The third-order valence-electron chi connectivity index (χ3n) is 6.29. The van der Waals surface area contributed by atoms with Crippen LogP contribution in [0.25, 0.3) is 22.3 Å². The average molecular weight is 521 g/mol. The predicted octanol–water partition coefficient (Wildman–Crippen LogP) is 2.85. The Bertz CT molecular complexity index is 1250. The summed E-state index contributed by atoms with van der Waals surface area (Å²) in [5, 5.41) is 10.8. The molecule has 3 aromatic rings. The summed E-state index contributed by atoms with van der Waals surface area (Å²) in [5.74, 6) is 0.309. The lowest BCUT2D eigenvalue weighted by molar-refractivity contribution is -0.0252. The molecule has 11 heteroatoms. The van der Waals surface area contributed by atoms with Gasteiger partial charge in [-0.1, -0.05) is 38.1 Å². The highest BCUT2D eigenvalue weighted by molar-refractivity contribution is 7.88. The van der Waals surface area contributed by atoms with Gasteiger partial charge in [-0.2, -0.15) is 17.8 Å². The van der Waals surface area contributed by atoms with Crippen LogP contribution in [0, 0.1) is 0 Å². The molecule has 0 aliphatic carbocycles. The van der Waals surface area contributed by atoms with Crippen molar-refractivity contribution >= 4 is 34.6 Å². The molecular weight excluding hydrogens is 488 g/mol. The van der Waals surface area contributed by atoms with Crippen molar-refractivity contribution in [2.75, 3.05) is 32.6 Å². The molecule has 0 amide bonds. The number of pyridine rings is 1. The van der Waals surface area contributed by atoms with Gasteiger partial charge >= 0.3 is 0 Å². The Labute approximate surface area is 213 Å². The van der Waals surface area contributed by atoms with Gasteiger partial charge in [0.15, 0.2) is 5.52 Å². The summed E-state index contributed by atoms with van der Waals surface area (Å²) in [6.07, 6.45) is 5.22. The number of aliphatic hydroxyl groups is 1. The lowest BCUT2D eigenvalue weighted by Gasteiger charge is -2.30. The zero-order valence-corrected chi connectivity index (χ0v) is 22.0. The Kier molecular flexibility index (Phi) is 8.71. The maximum Gasteiger partial charge on any atom is 0.242 e. The molecule has 3 heterocycles. The quantitative estimate of drug-likeness (QED) is 0.482. The van der Waals surface area contributed by atoms with E-state index in [1.54, 1.807) is 12.4 Å².